The lowest BCUT2D eigenvalue weighted by Gasteiger charge is -2.25. The van der Waals surface area contributed by atoms with Crippen molar-refractivity contribution in [3.63, 3.8) is 0 Å². The van der Waals surface area contributed by atoms with E-state index in [1.54, 1.807) is 14.0 Å². The highest BCUT2D eigenvalue weighted by atomic mass is 32.2. The van der Waals surface area contributed by atoms with Crippen LogP contribution in [0.3, 0.4) is 0 Å². The Morgan fingerprint density at radius 3 is 2.43 bits per heavy atom. The molecule has 0 amide bonds. The van der Waals surface area contributed by atoms with Crippen molar-refractivity contribution in [3.8, 4) is 0 Å². The Kier molecular flexibility index (Phi) is 5.90. The Morgan fingerprint density at radius 2 is 1.90 bits per heavy atom. The van der Waals surface area contributed by atoms with Crippen molar-refractivity contribution in [3.05, 3.63) is 29.1 Å². The molecule has 0 saturated carbocycles. The predicted molar refractivity (Wildman–Crippen MR) is 83.2 cm³/mol. The standard InChI is InChI=1S/C15H25FN2O2S/c1-6-7-15(3,4)18-21(19,20)13-8-11(2)14(16)12(9-13)10-17-5/h8-9,17-18H,6-7,10H2,1-5H3. The molecule has 0 aliphatic carbocycles. The molecule has 4 nitrogen and oxygen atoms in total. The fourth-order valence-corrected chi connectivity index (χ4v) is 3.96. The Labute approximate surface area is 127 Å². The van der Waals surface area contributed by atoms with Crippen LogP contribution in [0.1, 0.15) is 44.7 Å². The lowest BCUT2D eigenvalue weighted by molar-refractivity contribution is 0.417. The summed E-state index contributed by atoms with van der Waals surface area (Å²) >= 11 is 0. The number of aryl methyl sites for hydroxylation is 1. The van der Waals surface area contributed by atoms with Gasteiger partial charge in [-0.3, -0.25) is 0 Å². The molecule has 0 bridgehead atoms. The summed E-state index contributed by atoms with van der Waals surface area (Å²) in [5, 5.41) is 2.84. The minimum absolute atomic E-state index is 0.107. The van der Waals surface area contributed by atoms with Crippen molar-refractivity contribution in [2.75, 3.05) is 7.05 Å². The average molecular weight is 316 g/mol. The van der Waals surface area contributed by atoms with E-state index < -0.39 is 15.6 Å². The van der Waals surface area contributed by atoms with Gasteiger partial charge in [0.25, 0.3) is 0 Å². The van der Waals surface area contributed by atoms with Crippen LogP contribution in [0.15, 0.2) is 17.0 Å². The second-order valence-corrected chi connectivity index (χ2v) is 7.67. The van der Waals surface area contributed by atoms with E-state index in [9.17, 15) is 12.8 Å². The zero-order chi connectivity index (χ0) is 16.3. The minimum atomic E-state index is -3.66. The van der Waals surface area contributed by atoms with Crippen LogP contribution < -0.4 is 10.0 Å². The SMILES string of the molecule is CCCC(C)(C)NS(=O)(=O)c1cc(C)c(F)c(CNC)c1. The van der Waals surface area contributed by atoms with Gasteiger partial charge in [-0.25, -0.2) is 17.5 Å². The molecule has 1 aromatic rings. The number of hydrogen-bond donors (Lipinski definition) is 2. The molecule has 1 rings (SSSR count). The van der Waals surface area contributed by atoms with Crippen molar-refractivity contribution in [1.29, 1.82) is 0 Å². The third kappa shape index (κ3) is 4.76. The van der Waals surface area contributed by atoms with Gasteiger partial charge in [0.05, 0.1) is 4.90 Å². The molecule has 21 heavy (non-hydrogen) atoms. The van der Waals surface area contributed by atoms with E-state index in [1.165, 1.54) is 12.1 Å². The highest BCUT2D eigenvalue weighted by molar-refractivity contribution is 7.89. The Balaban J connectivity index is 3.20. The fourth-order valence-electron chi connectivity index (χ4n) is 2.38. The van der Waals surface area contributed by atoms with Crippen molar-refractivity contribution in [2.45, 2.75) is 57.5 Å². The molecule has 0 unspecified atom stereocenters. The molecule has 0 spiro atoms. The number of nitrogens with one attached hydrogen (secondary N) is 2. The maximum Gasteiger partial charge on any atom is 0.241 e. The number of hydrogen-bond acceptors (Lipinski definition) is 3. The van der Waals surface area contributed by atoms with Crippen LogP contribution in [-0.4, -0.2) is 21.0 Å². The number of halogens is 1. The van der Waals surface area contributed by atoms with Gasteiger partial charge in [0.1, 0.15) is 5.82 Å². The molecule has 2 N–H and O–H groups in total. The lowest BCUT2D eigenvalue weighted by Crippen LogP contribution is -2.43. The Morgan fingerprint density at radius 1 is 1.29 bits per heavy atom. The second kappa shape index (κ2) is 6.85. The molecular formula is C15H25FN2O2S. The topological polar surface area (TPSA) is 58.2 Å². The minimum Gasteiger partial charge on any atom is -0.316 e. The van der Waals surface area contributed by atoms with E-state index in [2.05, 4.69) is 10.0 Å². The molecular weight excluding hydrogens is 291 g/mol. The van der Waals surface area contributed by atoms with Crippen LogP contribution in [0.4, 0.5) is 4.39 Å². The zero-order valence-corrected chi connectivity index (χ0v) is 14.2. The molecule has 6 heteroatoms. The molecule has 0 aromatic heterocycles. The number of benzene rings is 1. The smallest absolute Gasteiger partial charge is 0.241 e. The second-order valence-electron chi connectivity index (χ2n) is 5.98. The molecule has 120 valence electrons. The first-order valence-corrected chi connectivity index (χ1v) is 8.59. The normalized spacial score (nSPS) is 12.7. The molecule has 0 atom stereocenters. The van der Waals surface area contributed by atoms with Gasteiger partial charge in [-0.1, -0.05) is 13.3 Å². The summed E-state index contributed by atoms with van der Waals surface area (Å²) in [5.74, 6) is -0.365. The largest absolute Gasteiger partial charge is 0.316 e. The van der Waals surface area contributed by atoms with Crippen molar-refractivity contribution < 1.29 is 12.8 Å². The summed E-state index contributed by atoms with van der Waals surface area (Å²) in [6.07, 6.45) is 1.61. The van der Waals surface area contributed by atoms with E-state index in [0.717, 1.165) is 12.8 Å². The van der Waals surface area contributed by atoms with Gasteiger partial charge in [0.15, 0.2) is 0 Å². The number of rotatable bonds is 7. The van der Waals surface area contributed by atoms with Gasteiger partial charge in [0.2, 0.25) is 10.0 Å². The first kappa shape index (κ1) is 18.1. The monoisotopic (exact) mass is 316 g/mol. The summed E-state index contributed by atoms with van der Waals surface area (Å²) in [7, 11) is -1.97. The molecule has 0 aliphatic heterocycles. The molecule has 0 heterocycles. The summed E-state index contributed by atoms with van der Waals surface area (Å²) in [6, 6.07) is 2.77. The third-order valence-corrected chi connectivity index (χ3v) is 4.94. The molecule has 0 aliphatic rings. The average Bonchev–Trinajstić information content (AvgIpc) is 2.33. The number of sulfonamides is 1. The zero-order valence-electron chi connectivity index (χ0n) is 13.4. The van der Waals surface area contributed by atoms with Crippen molar-refractivity contribution in [1.82, 2.24) is 10.0 Å². The van der Waals surface area contributed by atoms with Gasteiger partial charge < -0.3 is 5.32 Å². The van der Waals surface area contributed by atoms with Gasteiger partial charge in [-0.15, -0.1) is 0 Å². The summed E-state index contributed by atoms with van der Waals surface area (Å²) in [5.41, 5.74) is 0.154. The van der Waals surface area contributed by atoms with Crippen LogP contribution in [0.2, 0.25) is 0 Å². The Bertz CT molecular complexity index is 598. The molecule has 0 radical (unpaired) electrons. The van der Waals surface area contributed by atoms with E-state index in [4.69, 9.17) is 0 Å². The van der Waals surface area contributed by atoms with Crippen LogP contribution >= 0.6 is 0 Å². The molecule has 0 saturated heterocycles. The van der Waals surface area contributed by atoms with Gasteiger partial charge in [-0.05, 0) is 51.9 Å². The fraction of sp³-hybridized carbons (Fsp3) is 0.600. The maximum absolute atomic E-state index is 14.0. The van der Waals surface area contributed by atoms with Crippen LogP contribution in [0, 0.1) is 12.7 Å². The highest BCUT2D eigenvalue weighted by Crippen LogP contribution is 2.22. The van der Waals surface area contributed by atoms with Crippen LogP contribution in [0.25, 0.3) is 0 Å². The first-order valence-electron chi connectivity index (χ1n) is 7.10. The predicted octanol–water partition coefficient (Wildman–Crippen LogP) is 2.71. The summed E-state index contributed by atoms with van der Waals surface area (Å²) in [4.78, 5) is 0.107. The van der Waals surface area contributed by atoms with Crippen LogP contribution in [0.5, 0.6) is 0 Å². The van der Waals surface area contributed by atoms with E-state index in [1.807, 2.05) is 20.8 Å². The van der Waals surface area contributed by atoms with Gasteiger partial charge in [0, 0.05) is 17.6 Å². The van der Waals surface area contributed by atoms with E-state index >= 15 is 0 Å². The quantitative estimate of drug-likeness (QED) is 0.813. The van der Waals surface area contributed by atoms with Gasteiger partial charge in [-0.2, -0.15) is 0 Å². The Hall–Kier alpha value is -0.980. The lowest BCUT2D eigenvalue weighted by atomic mass is 10.0. The molecule has 1 aromatic carbocycles. The molecule has 0 fully saturated rings. The van der Waals surface area contributed by atoms with E-state index in [-0.39, 0.29) is 17.3 Å². The first-order chi connectivity index (χ1) is 9.63. The van der Waals surface area contributed by atoms with Crippen molar-refractivity contribution in [2.24, 2.45) is 0 Å². The van der Waals surface area contributed by atoms with Crippen molar-refractivity contribution >= 4 is 10.0 Å². The van der Waals surface area contributed by atoms with E-state index in [0.29, 0.717) is 11.1 Å². The van der Waals surface area contributed by atoms with Crippen LogP contribution in [-0.2, 0) is 16.6 Å². The summed E-state index contributed by atoms with van der Waals surface area (Å²) < 4.78 is 41.6. The third-order valence-electron chi connectivity index (χ3n) is 3.27. The summed E-state index contributed by atoms with van der Waals surface area (Å²) in [6.45, 7) is 7.56. The maximum atomic E-state index is 14.0. The van der Waals surface area contributed by atoms with Gasteiger partial charge >= 0.3 is 0 Å². The highest BCUT2D eigenvalue weighted by Gasteiger charge is 2.26.